The van der Waals surface area contributed by atoms with Crippen LogP contribution < -0.4 is 19.6 Å². The number of halogens is 1. The molecular formula is C28H21BrN2O2S. The van der Waals surface area contributed by atoms with Gasteiger partial charge in [0.2, 0.25) is 0 Å². The lowest BCUT2D eigenvalue weighted by Crippen LogP contribution is -2.38. The molecule has 6 heteroatoms. The fourth-order valence-corrected chi connectivity index (χ4v) is 6.15. The average molecular weight is 529 g/mol. The zero-order valence-corrected chi connectivity index (χ0v) is 20.9. The first kappa shape index (κ1) is 21.3. The molecule has 1 aromatic heterocycles. The van der Waals surface area contributed by atoms with Crippen LogP contribution in [0.15, 0.2) is 92.6 Å². The fraction of sp³-hybridized carbons (Fsp3) is 0.143. The van der Waals surface area contributed by atoms with E-state index in [-0.39, 0.29) is 11.6 Å². The van der Waals surface area contributed by atoms with E-state index < -0.39 is 0 Å². The second-order valence-electron chi connectivity index (χ2n) is 8.41. The fourth-order valence-electron chi connectivity index (χ4n) is 4.89. The molecular weight excluding hydrogens is 508 g/mol. The van der Waals surface area contributed by atoms with Gasteiger partial charge in [-0.25, -0.2) is 4.99 Å². The molecule has 0 spiro atoms. The van der Waals surface area contributed by atoms with Crippen LogP contribution in [0.5, 0.6) is 5.75 Å². The molecule has 3 aromatic carbocycles. The van der Waals surface area contributed by atoms with E-state index in [1.807, 2.05) is 47.0 Å². The van der Waals surface area contributed by atoms with Crippen molar-refractivity contribution >= 4 is 39.0 Å². The molecule has 168 valence electrons. The number of hydrogen-bond donors (Lipinski definition) is 0. The largest absolute Gasteiger partial charge is 0.496 e. The van der Waals surface area contributed by atoms with Crippen LogP contribution in [-0.4, -0.2) is 11.7 Å². The second kappa shape index (κ2) is 8.53. The topological polar surface area (TPSA) is 43.6 Å². The van der Waals surface area contributed by atoms with Gasteiger partial charge in [-0.1, -0.05) is 81.9 Å². The molecule has 34 heavy (non-hydrogen) atoms. The predicted molar refractivity (Wildman–Crippen MR) is 140 cm³/mol. The van der Waals surface area contributed by atoms with Gasteiger partial charge in [0.1, 0.15) is 5.75 Å². The first-order valence-corrected chi connectivity index (χ1v) is 12.8. The van der Waals surface area contributed by atoms with Gasteiger partial charge in [-0.3, -0.25) is 9.36 Å². The number of methoxy groups -OCH3 is 1. The van der Waals surface area contributed by atoms with Gasteiger partial charge < -0.3 is 4.74 Å². The van der Waals surface area contributed by atoms with Crippen LogP contribution in [0.25, 0.3) is 11.8 Å². The minimum atomic E-state index is -0.174. The Labute approximate surface area is 209 Å². The SMILES string of the molecule is COc1ccccc1/C=c1\sc2n(c1=O)[C@H](c1ccc(Br)cc1)C1=C(N=2)c2ccccc2CC1. The van der Waals surface area contributed by atoms with Gasteiger partial charge in [0, 0.05) is 15.6 Å². The van der Waals surface area contributed by atoms with Crippen molar-refractivity contribution in [3.8, 4) is 5.75 Å². The smallest absolute Gasteiger partial charge is 0.271 e. The van der Waals surface area contributed by atoms with Crippen molar-refractivity contribution in [1.82, 2.24) is 4.57 Å². The summed E-state index contributed by atoms with van der Waals surface area (Å²) in [7, 11) is 1.65. The van der Waals surface area contributed by atoms with Crippen molar-refractivity contribution in [2.45, 2.75) is 18.9 Å². The number of hydrogen-bond acceptors (Lipinski definition) is 4. The average Bonchev–Trinajstić information content (AvgIpc) is 3.18. The van der Waals surface area contributed by atoms with Gasteiger partial charge in [0.05, 0.1) is 23.4 Å². The molecule has 4 nitrogen and oxygen atoms in total. The van der Waals surface area contributed by atoms with Crippen LogP contribution in [0.2, 0.25) is 0 Å². The van der Waals surface area contributed by atoms with Gasteiger partial charge in [-0.15, -0.1) is 0 Å². The number of allylic oxidation sites excluding steroid dienone is 1. The zero-order valence-electron chi connectivity index (χ0n) is 18.5. The molecule has 1 aliphatic carbocycles. The van der Waals surface area contributed by atoms with Gasteiger partial charge in [-0.05, 0) is 53.8 Å². The maximum Gasteiger partial charge on any atom is 0.271 e. The Morgan fingerprint density at radius 1 is 1.03 bits per heavy atom. The van der Waals surface area contributed by atoms with Crippen molar-refractivity contribution < 1.29 is 4.74 Å². The molecule has 6 rings (SSSR count). The summed E-state index contributed by atoms with van der Waals surface area (Å²) in [5, 5.41) is 0. The molecule has 1 aliphatic heterocycles. The molecule has 2 heterocycles. The third kappa shape index (κ3) is 3.49. The van der Waals surface area contributed by atoms with Crippen LogP contribution in [0.1, 0.15) is 34.7 Å². The molecule has 0 fully saturated rings. The van der Waals surface area contributed by atoms with Crippen LogP contribution in [-0.2, 0) is 6.42 Å². The molecule has 0 saturated carbocycles. The van der Waals surface area contributed by atoms with Gasteiger partial charge in [-0.2, -0.15) is 0 Å². The molecule has 0 bridgehead atoms. The van der Waals surface area contributed by atoms with E-state index in [9.17, 15) is 4.79 Å². The molecule has 0 saturated heterocycles. The predicted octanol–water partition coefficient (Wildman–Crippen LogP) is 5.09. The lowest BCUT2D eigenvalue weighted by atomic mass is 9.83. The summed E-state index contributed by atoms with van der Waals surface area (Å²) in [6.45, 7) is 0. The van der Waals surface area contributed by atoms with Gasteiger partial charge >= 0.3 is 0 Å². The first-order valence-electron chi connectivity index (χ1n) is 11.2. The highest BCUT2D eigenvalue weighted by atomic mass is 79.9. The summed E-state index contributed by atoms with van der Waals surface area (Å²) >= 11 is 4.98. The summed E-state index contributed by atoms with van der Waals surface area (Å²) in [4.78, 5) is 19.6. The Morgan fingerprint density at radius 3 is 2.62 bits per heavy atom. The number of nitrogens with zero attached hydrogens (tertiary/aromatic N) is 2. The quantitative estimate of drug-likeness (QED) is 0.371. The Morgan fingerprint density at radius 2 is 1.79 bits per heavy atom. The number of aryl methyl sites for hydroxylation is 1. The second-order valence-corrected chi connectivity index (χ2v) is 10.3. The highest BCUT2D eigenvalue weighted by Crippen LogP contribution is 2.41. The number of aromatic nitrogens is 1. The minimum Gasteiger partial charge on any atom is -0.496 e. The van der Waals surface area contributed by atoms with Gasteiger partial charge in [0.15, 0.2) is 4.80 Å². The Hall–Kier alpha value is -3.22. The Kier molecular flexibility index (Phi) is 5.35. The van der Waals surface area contributed by atoms with E-state index in [4.69, 9.17) is 9.73 Å². The monoisotopic (exact) mass is 528 g/mol. The van der Waals surface area contributed by atoms with Crippen molar-refractivity contribution in [3.63, 3.8) is 0 Å². The lowest BCUT2D eigenvalue weighted by molar-refractivity contribution is 0.414. The number of benzene rings is 3. The molecule has 0 unspecified atom stereocenters. The van der Waals surface area contributed by atoms with Crippen molar-refractivity contribution in [3.05, 3.63) is 125 Å². The van der Waals surface area contributed by atoms with Crippen molar-refractivity contribution in [1.29, 1.82) is 0 Å². The van der Waals surface area contributed by atoms with Crippen LogP contribution in [0.4, 0.5) is 0 Å². The van der Waals surface area contributed by atoms with E-state index in [0.29, 0.717) is 4.53 Å². The maximum atomic E-state index is 13.8. The summed E-state index contributed by atoms with van der Waals surface area (Å²) in [6, 6.07) is 24.3. The van der Waals surface area contributed by atoms with E-state index in [0.717, 1.165) is 44.7 Å². The van der Waals surface area contributed by atoms with Crippen LogP contribution >= 0.6 is 27.3 Å². The molecule has 0 radical (unpaired) electrons. The standard InChI is InChI=1S/C28H21BrN2O2S/c1-33-23-9-5-3-7-19(23)16-24-27(32)31-26(18-10-13-20(29)14-11-18)22-15-12-17-6-2-4-8-21(17)25(22)30-28(31)34-24/h2-11,13-14,16,26H,12,15H2,1H3/b24-16-/t26-/m1/s1. The summed E-state index contributed by atoms with van der Waals surface area (Å²) in [5.74, 6) is 0.742. The van der Waals surface area contributed by atoms with E-state index in [1.54, 1.807) is 7.11 Å². The van der Waals surface area contributed by atoms with Crippen LogP contribution in [0, 0.1) is 0 Å². The Bertz CT molecular complexity index is 1630. The Balaban J connectivity index is 1.63. The first-order chi connectivity index (χ1) is 16.6. The van der Waals surface area contributed by atoms with Crippen molar-refractivity contribution in [2.24, 2.45) is 4.99 Å². The highest BCUT2D eigenvalue weighted by Gasteiger charge is 2.32. The normalized spacial score (nSPS) is 17.0. The molecule has 2 aliphatic rings. The number of fused-ring (bicyclic) bond motifs is 3. The molecule has 0 N–H and O–H groups in total. The summed E-state index contributed by atoms with van der Waals surface area (Å²) in [5.41, 5.74) is 6.66. The minimum absolute atomic E-state index is 0.0204. The zero-order chi connectivity index (χ0) is 23.2. The number of para-hydroxylation sites is 1. The molecule has 0 amide bonds. The number of ether oxygens (including phenoxy) is 1. The number of thiazole rings is 1. The van der Waals surface area contributed by atoms with E-state index in [1.165, 1.54) is 28.0 Å². The van der Waals surface area contributed by atoms with Crippen LogP contribution in [0.3, 0.4) is 0 Å². The van der Waals surface area contributed by atoms with E-state index >= 15 is 0 Å². The lowest BCUT2D eigenvalue weighted by Gasteiger charge is -2.30. The third-order valence-electron chi connectivity index (χ3n) is 6.48. The molecule has 4 aromatic rings. The van der Waals surface area contributed by atoms with Crippen molar-refractivity contribution in [2.75, 3.05) is 7.11 Å². The third-order valence-corrected chi connectivity index (χ3v) is 8.00. The summed E-state index contributed by atoms with van der Waals surface area (Å²) < 4.78 is 9.05. The van der Waals surface area contributed by atoms with Gasteiger partial charge in [0.25, 0.3) is 5.56 Å². The highest BCUT2D eigenvalue weighted by molar-refractivity contribution is 9.10. The maximum absolute atomic E-state index is 13.8. The summed E-state index contributed by atoms with van der Waals surface area (Å²) in [6.07, 6.45) is 3.74. The number of rotatable bonds is 3. The van der Waals surface area contributed by atoms with E-state index in [2.05, 4.69) is 52.3 Å². The molecule has 1 atom stereocenters.